The maximum absolute atomic E-state index is 12.1. The Kier molecular flexibility index (Phi) is 6.92. The molecule has 1 aromatic carbocycles. The van der Waals surface area contributed by atoms with Crippen molar-refractivity contribution in [3.05, 3.63) is 42.0 Å². The summed E-state index contributed by atoms with van der Waals surface area (Å²) in [6, 6.07) is 8.23. The van der Waals surface area contributed by atoms with Crippen LogP contribution in [0.15, 0.2) is 46.9 Å². The molecule has 1 unspecified atom stereocenters. The van der Waals surface area contributed by atoms with Crippen LogP contribution in [0.5, 0.6) is 0 Å². The lowest BCUT2D eigenvalue weighted by atomic mass is 10.1. The van der Waals surface area contributed by atoms with Gasteiger partial charge in [0.25, 0.3) is 0 Å². The molecule has 0 heterocycles. The van der Waals surface area contributed by atoms with E-state index in [0.717, 1.165) is 5.57 Å². The molecule has 4 nitrogen and oxygen atoms in total. The van der Waals surface area contributed by atoms with Crippen LogP contribution in [-0.4, -0.2) is 32.1 Å². The first-order valence-corrected chi connectivity index (χ1v) is 8.70. The van der Waals surface area contributed by atoms with Crippen molar-refractivity contribution in [1.29, 1.82) is 0 Å². The first-order valence-electron chi connectivity index (χ1n) is 6.61. The zero-order valence-corrected chi connectivity index (χ0v) is 13.7. The number of sulfone groups is 1. The predicted octanol–water partition coefficient (Wildman–Crippen LogP) is 2.97. The molecule has 0 N–H and O–H groups in total. The van der Waals surface area contributed by atoms with E-state index in [-0.39, 0.29) is 23.7 Å². The van der Waals surface area contributed by atoms with Gasteiger partial charge in [-0.2, -0.15) is 0 Å². The third-order valence-electron chi connectivity index (χ3n) is 2.80. The minimum absolute atomic E-state index is 0.116. The Labute approximate surface area is 130 Å². The van der Waals surface area contributed by atoms with Gasteiger partial charge in [0.05, 0.1) is 17.3 Å². The SMILES string of the molecule is CCOC(=O)C(Cl)CC(C)=CCS(=O)(=O)c1ccccc1. The third kappa shape index (κ3) is 5.89. The smallest absolute Gasteiger partial charge is 0.324 e. The molecule has 21 heavy (non-hydrogen) atoms. The molecule has 116 valence electrons. The largest absolute Gasteiger partial charge is 0.465 e. The fourth-order valence-electron chi connectivity index (χ4n) is 1.66. The average Bonchev–Trinajstić information content (AvgIpc) is 2.46. The van der Waals surface area contributed by atoms with E-state index in [4.69, 9.17) is 16.3 Å². The molecule has 1 atom stereocenters. The topological polar surface area (TPSA) is 60.4 Å². The summed E-state index contributed by atoms with van der Waals surface area (Å²) in [7, 11) is -3.36. The lowest BCUT2D eigenvalue weighted by Gasteiger charge is -2.09. The molecule has 0 spiro atoms. The predicted molar refractivity (Wildman–Crippen MR) is 83.1 cm³/mol. The van der Waals surface area contributed by atoms with Crippen LogP contribution in [-0.2, 0) is 19.4 Å². The number of carbonyl (C=O) groups excluding carboxylic acids is 1. The van der Waals surface area contributed by atoms with Crippen LogP contribution in [0.25, 0.3) is 0 Å². The summed E-state index contributed by atoms with van der Waals surface area (Å²) in [6.45, 7) is 3.72. The van der Waals surface area contributed by atoms with E-state index in [1.165, 1.54) is 0 Å². The molecule has 0 fully saturated rings. The third-order valence-corrected chi connectivity index (χ3v) is 4.73. The van der Waals surface area contributed by atoms with Crippen LogP contribution in [0.3, 0.4) is 0 Å². The number of alkyl halides is 1. The van der Waals surface area contributed by atoms with E-state index in [2.05, 4.69) is 0 Å². The second-order valence-corrected chi connectivity index (χ2v) is 7.13. The van der Waals surface area contributed by atoms with E-state index in [1.807, 2.05) is 0 Å². The number of hydrogen-bond donors (Lipinski definition) is 0. The maximum atomic E-state index is 12.1. The van der Waals surface area contributed by atoms with Gasteiger partial charge in [0.15, 0.2) is 9.84 Å². The van der Waals surface area contributed by atoms with Crippen LogP contribution in [0.4, 0.5) is 0 Å². The van der Waals surface area contributed by atoms with E-state index in [9.17, 15) is 13.2 Å². The first-order chi connectivity index (χ1) is 9.86. The highest BCUT2D eigenvalue weighted by Crippen LogP contribution is 2.15. The molecule has 0 bridgehead atoms. The van der Waals surface area contributed by atoms with Gasteiger partial charge < -0.3 is 4.74 Å². The Balaban J connectivity index is 2.66. The minimum Gasteiger partial charge on any atom is -0.465 e. The van der Waals surface area contributed by atoms with Gasteiger partial charge in [-0.3, -0.25) is 4.79 Å². The quantitative estimate of drug-likeness (QED) is 0.438. The number of halogens is 1. The summed E-state index contributed by atoms with van der Waals surface area (Å²) in [5.41, 5.74) is 0.738. The van der Waals surface area contributed by atoms with Crippen molar-refractivity contribution in [2.75, 3.05) is 12.4 Å². The molecule has 1 rings (SSSR count). The molecule has 0 aliphatic rings. The number of allylic oxidation sites excluding steroid dienone is 1. The number of ether oxygens (including phenoxy) is 1. The summed E-state index contributed by atoms with van der Waals surface area (Å²) in [5.74, 6) is -0.604. The highest BCUT2D eigenvalue weighted by molar-refractivity contribution is 7.91. The first kappa shape index (κ1) is 17.7. The minimum atomic E-state index is -3.36. The van der Waals surface area contributed by atoms with E-state index in [0.29, 0.717) is 0 Å². The van der Waals surface area contributed by atoms with Crippen LogP contribution in [0, 0.1) is 0 Å². The summed E-state index contributed by atoms with van der Waals surface area (Å²) in [5, 5.41) is -0.791. The molecule has 0 saturated carbocycles. The fourth-order valence-corrected chi connectivity index (χ4v) is 3.23. The molecule has 1 aromatic rings. The fraction of sp³-hybridized carbons (Fsp3) is 0.400. The van der Waals surface area contributed by atoms with Gasteiger partial charge in [0.2, 0.25) is 0 Å². The number of rotatable bonds is 7. The monoisotopic (exact) mass is 330 g/mol. The van der Waals surface area contributed by atoms with Gasteiger partial charge in [-0.15, -0.1) is 11.6 Å². The summed E-state index contributed by atoms with van der Waals surface area (Å²) < 4.78 is 29.0. The van der Waals surface area contributed by atoms with Gasteiger partial charge >= 0.3 is 5.97 Å². The van der Waals surface area contributed by atoms with Crippen LogP contribution >= 0.6 is 11.6 Å². The molecule has 0 aliphatic heterocycles. The summed E-state index contributed by atoms with van der Waals surface area (Å²) in [4.78, 5) is 11.7. The number of hydrogen-bond acceptors (Lipinski definition) is 4. The van der Waals surface area contributed by atoms with Gasteiger partial charge in [0, 0.05) is 0 Å². The Morgan fingerprint density at radius 1 is 1.33 bits per heavy atom. The lowest BCUT2D eigenvalue weighted by molar-refractivity contribution is -0.142. The van der Waals surface area contributed by atoms with Crippen molar-refractivity contribution in [3.8, 4) is 0 Å². The van der Waals surface area contributed by atoms with Gasteiger partial charge in [-0.25, -0.2) is 8.42 Å². The molecule has 0 amide bonds. The van der Waals surface area contributed by atoms with Crippen LogP contribution in [0.2, 0.25) is 0 Å². The summed E-state index contributed by atoms with van der Waals surface area (Å²) >= 11 is 5.91. The van der Waals surface area contributed by atoms with E-state index < -0.39 is 21.2 Å². The maximum Gasteiger partial charge on any atom is 0.324 e. The zero-order chi connectivity index (χ0) is 15.9. The normalized spacial score (nSPS) is 13.8. The van der Waals surface area contributed by atoms with Crippen molar-refractivity contribution in [1.82, 2.24) is 0 Å². The average molecular weight is 331 g/mol. The standard InChI is InChI=1S/C15H19ClO4S/c1-3-20-15(17)14(16)11-12(2)9-10-21(18,19)13-7-5-4-6-8-13/h4-9,14H,3,10-11H2,1-2H3. The van der Waals surface area contributed by atoms with Gasteiger partial charge in [-0.1, -0.05) is 29.8 Å². The highest BCUT2D eigenvalue weighted by Gasteiger charge is 2.17. The second kappa shape index (κ2) is 8.20. The molecular weight excluding hydrogens is 312 g/mol. The van der Waals surface area contributed by atoms with Gasteiger partial charge in [0.1, 0.15) is 5.38 Å². The molecule has 0 aliphatic carbocycles. The van der Waals surface area contributed by atoms with Crippen LogP contribution < -0.4 is 0 Å². The van der Waals surface area contributed by atoms with E-state index in [1.54, 1.807) is 50.3 Å². The Bertz CT molecular complexity index is 593. The number of carbonyl (C=O) groups is 1. The van der Waals surface area contributed by atoms with Crippen molar-refractivity contribution in [3.63, 3.8) is 0 Å². The molecule has 0 radical (unpaired) electrons. The van der Waals surface area contributed by atoms with Crippen molar-refractivity contribution in [2.45, 2.75) is 30.5 Å². The van der Waals surface area contributed by atoms with Crippen LogP contribution in [0.1, 0.15) is 20.3 Å². The second-order valence-electron chi connectivity index (χ2n) is 4.57. The zero-order valence-electron chi connectivity index (χ0n) is 12.1. The van der Waals surface area contributed by atoms with Gasteiger partial charge in [-0.05, 0) is 32.4 Å². The van der Waals surface area contributed by atoms with Crippen molar-refractivity contribution in [2.24, 2.45) is 0 Å². The lowest BCUT2D eigenvalue weighted by Crippen LogP contribution is -2.18. The van der Waals surface area contributed by atoms with E-state index >= 15 is 0 Å². The summed E-state index contributed by atoms with van der Waals surface area (Å²) in [6.07, 6.45) is 1.85. The Morgan fingerprint density at radius 3 is 2.52 bits per heavy atom. The molecule has 0 aromatic heterocycles. The molecular formula is C15H19ClO4S. The Hall–Kier alpha value is -1.33. The highest BCUT2D eigenvalue weighted by atomic mass is 35.5. The van der Waals surface area contributed by atoms with Crippen molar-refractivity contribution < 1.29 is 17.9 Å². The number of esters is 1. The number of benzene rings is 1. The van der Waals surface area contributed by atoms with Crippen molar-refractivity contribution >= 4 is 27.4 Å². The molecule has 6 heteroatoms. The molecule has 0 saturated heterocycles. The Morgan fingerprint density at radius 2 is 1.95 bits per heavy atom.